The minimum atomic E-state index is -4.64. The molecule has 2 fully saturated rings. The summed E-state index contributed by atoms with van der Waals surface area (Å²) in [7, 11) is 0. The number of likely N-dealkylation sites (tertiary alicyclic amines) is 2. The Morgan fingerprint density at radius 2 is 1.83 bits per heavy atom. The molecule has 35 heavy (non-hydrogen) atoms. The molecule has 0 atom stereocenters. The van der Waals surface area contributed by atoms with E-state index in [1.807, 2.05) is 11.8 Å². The lowest BCUT2D eigenvalue weighted by atomic mass is 9.72. The van der Waals surface area contributed by atoms with E-state index in [2.05, 4.69) is 26.9 Å². The average molecular weight is 484 g/mol. The molecular formula is C24H23F3N6O2. The van der Waals surface area contributed by atoms with Gasteiger partial charge in [0, 0.05) is 54.6 Å². The maximum atomic E-state index is 12.9. The summed E-state index contributed by atoms with van der Waals surface area (Å²) >= 11 is 0. The molecule has 0 aliphatic carbocycles. The second-order valence-electron chi connectivity index (χ2n) is 9.30. The number of carbonyl (C=O) groups is 2. The third-order valence-corrected chi connectivity index (χ3v) is 6.38. The zero-order valence-corrected chi connectivity index (χ0v) is 19.0. The smallest absolute Gasteiger partial charge is 0.374 e. The van der Waals surface area contributed by atoms with Crippen molar-refractivity contribution in [2.45, 2.75) is 19.6 Å². The molecule has 0 bridgehead atoms. The first-order valence-corrected chi connectivity index (χ1v) is 11.0. The van der Waals surface area contributed by atoms with Gasteiger partial charge in [-0.2, -0.15) is 18.3 Å². The summed E-state index contributed by atoms with van der Waals surface area (Å²) in [6.07, 6.45) is -2.94. The van der Waals surface area contributed by atoms with Crippen LogP contribution in [0.15, 0.2) is 54.9 Å². The molecular weight excluding hydrogens is 461 g/mol. The van der Waals surface area contributed by atoms with Gasteiger partial charge in [-0.15, -0.1) is 0 Å². The quantitative estimate of drug-likeness (QED) is 0.601. The van der Waals surface area contributed by atoms with Crippen molar-refractivity contribution >= 4 is 28.4 Å². The van der Waals surface area contributed by atoms with Gasteiger partial charge < -0.3 is 15.1 Å². The Balaban J connectivity index is 1.21. The minimum Gasteiger partial charge on any atom is -0.374 e. The number of halogens is 3. The van der Waals surface area contributed by atoms with Crippen LogP contribution in [0.5, 0.6) is 0 Å². The first-order chi connectivity index (χ1) is 16.5. The highest BCUT2D eigenvalue weighted by Gasteiger charge is 2.52. The third kappa shape index (κ3) is 4.45. The predicted octanol–water partition coefficient (Wildman–Crippen LogP) is 3.38. The SMILES string of the molecule is C=C(C)N1CC2(C1)CN(C(=O)Cn1cc3cc(NC(=O)c4cccc(C(F)(F)F)n4)ccc3n1)C2. The van der Waals surface area contributed by atoms with Crippen molar-refractivity contribution in [2.75, 3.05) is 31.5 Å². The van der Waals surface area contributed by atoms with Gasteiger partial charge in [0.1, 0.15) is 17.9 Å². The van der Waals surface area contributed by atoms with Crippen LogP contribution in [0.4, 0.5) is 18.9 Å². The van der Waals surface area contributed by atoms with E-state index in [1.165, 1.54) is 6.07 Å². The van der Waals surface area contributed by atoms with Gasteiger partial charge in [0.25, 0.3) is 5.91 Å². The minimum absolute atomic E-state index is 0.0126. The normalized spacial score (nSPS) is 16.7. The summed E-state index contributed by atoms with van der Waals surface area (Å²) in [6.45, 7) is 9.36. The molecule has 2 amide bonds. The van der Waals surface area contributed by atoms with Crippen molar-refractivity contribution in [1.82, 2.24) is 24.6 Å². The van der Waals surface area contributed by atoms with E-state index in [0.29, 0.717) is 16.6 Å². The van der Waals surface area contributed by atoms with Crippen LogP contribution in [0.3, 0.4) is 0 Å². The molecule has 0 saturated carbocycles. The molecule has 1 N–H and O–H groups in total. The van der Waals surface area contributed by atoms with E-state index in [1.54, 1.807) is 29.1 Å². The van der Waals surface area contributed by atoms with Crippen molar-refractivity contribution in [3.63, 3.8) is 0 Å². The molecule has 182 valence electrons. The van der Waals surface area contributed by atoms with Gasteiger partial charge in [-0.1, -0.05) is 12.6 Å². The van der Waals surface area contributed by atoms with Crippen molar-refractivity contribution < 1.29 is 22.8 Å². The lowest BCUT2D eigenvalue weighted by molar-refractivity contribution is -0.156. The van der Waals surface area contributed by atoms with Gasteiger partial charge in [-0.25, -0.2) is 4.98 Å². The van der Waals surface area contributed by atoms with Crippen molar-refractivity contribution in [3.05, 3.63) is 66.3 Å². The lowest BCUT2D eigenvalue weighted by Gasteiger charge is -2.61. The second kappa shape index (κ2) is 8.10. The number of anilines is 1. The molecule has 11 heteroatoms. The van der Waals surface area contributed by atoms with Crippen LogP contribution in [0.1, 0.15) is 23.1 Å². The molecule has 8 nitrogen and oxygen atoms in total. The zero-order valence-electron chi connectivity index (χ0n) is 19.0. The summed E-state index contributed by atoms with van der Waals surface area (Å²) in [5, 5.41) is 7.66. The molecule has 2 aliphatic rings. The van der Waals surface area contributed by atoms with E-state index >= 15 is 0 Å². The van der Waals surface area contributed by atoms with Crippen LogP contribution in [-0.2, 0) is 17.5 Å². The molecule has 2 saturated heterocycles. The number of allylic oxidation sites excluding steroid dienone is 1. The number of hydrogen-bond donors (Lipinski definition) is 1. The number of carbonyl (C=O) groups excluding carboxylic acids is 2. The van der Waals surface area contributed by atoms with Crippen molar-refractivity contribution in [1.29, 1.82) is 0 Å². The number of amides is 2. The Bertz CT molecular complexity index is 1330. The summed E-state index contributed by atoms with van der Waals surface area (Å²) < 4.78 is 40.2. The van der Waals surface area contributed by atoms with Gasteiger partial charge >= 0.3 is 6.18 Å². The third-order valence-electron chi connectivity index (χ3n) is 6.38. The maximum absolute atomic E-state index is 12.9. The molecule has 5 rings (SSSR count). The van der Waals surface area contributed by atoms with Crippen LogP contribution in [-0.4, -0.2) is 62.6 Å². The topological polar surface area (TPSA) is 83.4 Å². The molecule has 2 aromatic heterocycles. The highest BCUT2D eigenvalue weighted by molar-refractivity contribution is 6.03. The van der Waals surface area contributed by atoms with Crippen molar-refractivity contribution in [3.8, 4) is 0 Å². The molecule has 2 aliphatic heterocycles. The summed E-state index contributed by atoms with van der Waals surface area (Å²) in [5.41, 5.74) is 0.764. The molecule has 0 unspecified atom stereocenters. The monoisotopic (exact) mass is 484 g/mol. The fourth-order valence-electron chi connectivity index (χ4n) is 4.56. The molecule has 4 heterocycles. The van der Waals surface area contributed by atoms with E-state index in [4.69, 9.17) is 0 Å². The average Bonchev–Trinajstić information content (AvgIpc) is 3.12. The number of nitrogens with zero attached hydrogens (tertiary/aromatic N) is 5. The fourth-order valence-corrected chi connectivity index (χ4v) is 4.56. The molecule has 1 aromatic carbocycles. The van der Waals surface area contributed by atoms with Crippen LogP contribution in [0.2, 0.25) is 0 Å². The molecule has 3 aromatic rings. The van der Waals surface area contributed by atoms with Crippen LogP contribution in [0, 0.1) is 5.41 Å². The van der Waals surface area contributed by atoms with Crippen LogP contribution in [0.25, 0.3) is 10.9 Å². The number of alkyl halides is 3. The summed E-state index contributed by atoms with van der Waals surface area (Å²) in [6, 6.07) is 8.07. The van der Waals surface area contributed by atoms with Gasteiger partial charge in [-0.3, -0.25) is 14.3 Å². The fraction of sp³-hybridized carbons (Fsp3) is 0.333. The van der Waals surface area contributed by atoms with E-state index in [0.717, 1.165) is 44.0 Å². The number of rotatable bonds is 5. The number of nitrogens with one attached hydrogen (secondary N) is 1. The largest absolute Gasteiger partial charge is 0.433 e. The highest BCUT2D eigenvalue weighted by Crippen LogP contribution is 2.41. The van der Waals surface area contributed by atoms with E-state index in [9.17, 15) is 22.8 Å². The second-order valence-corrected chi connectivity index (χ2v) is 9.30. The Kier molecular flexibility index (Phi) is 5.30. The Morgan fingerprint density at radius 3 is 2.51 bits per heavy atom. The zero-order chi connectivity index (χ0) is 25.0. The number of fused-ring (bicyclic) bond motifs is 1. The van der Waals surface area contributed by atoms with Crippen molar-refractivity contribution in [2.24, 2.45) is 5.41 Å². The van der Waals surface area contributed by atoms with Crippen LogP contribution < -0.4 is 5.32 Å². The molecule has 1 spiro atoms. The number of pyridine rings is 1. The standard InChI is InChI=1S/C24H23F3N6O2/c1-15(2)31-11-23(12-31)13-32(14-23)21(34)10-33-9-16-8-17(6-7-18(16)30-33)28-22(35)19-4-3-5-20(29-19)24(25,26)27/h3-9H,1,10-14H2,2H3,(H,28,35). The van der Waals surface area contributed by atoms with Gasteiger partial charge in [0.2, 0.25) is 5.91 Å². The van der Waals surface area contributed by atoms with Gasteiger partial charge in [0.05, 0.1) is 5.52 Å². The summed E-state index contributed by atoms with van der Waals surface area (Å²) in [5.74, 6) is -0.771. The number of hydrogen-bond acceptors (Lipinski definition) is 5. The number of aromatic nitrogens is 3. The van der Waals surface area contributed by atoms with Gasteiger partial charge in [0.15, 0.2) is 0 Å². The Morgan fingerprint density at radius 1 is 1.11 bits per heavy atom. The number of benzene rings is 1. The van der Waals surface area contributed by atoms with Crippen LogP contribution >= 0.6 is 0 Å². The van der Waals surface area contributed by atoms with E-state index in [-0.39, 0.29) is 23.6 Å². The van der Waals surface area contributed by atoms with Gasteiger partial charge in [-0.05, 0) is 37.3 Å². The lowest BCUT2D eigenvalue weighted by Crippen LogP contribution is -2.72. The Hall–Kier alpha value is -3.89. The predicted molar refractivity (Wildman–Crippen MR) is 122 cm³/mol. The first kappa shape index (κ1) is 22.9. The Labute approximate surface area is 199 Å². The maximum Gasteiger partial charge on any atom is 0.433 e. The molecule has 0 radical (unpaired) electrons. The first-order valence-electron chi connectivity index (χ1n) is 11.0. The van der Waals surface area contributed by atoms with E-state index < -0.39 is 17.8 Å². The highest BCUT2D eigenvalue weighted by atomic mass is 19.4. The summed E-state index contributed by atoms with van der Waals surface area (Å²) in [4.78, 5) is 32.5.